The van der Waals surface area contributed by atoms with Gasteiger partial charge in [-0.3, -0.25) is 4.90 Å². The number of carboxylic acid groups (broad SMARTS) is 1. The molecule has 25 heavy (non-hydrogen) atoms. The van der Waals surface area contributed by atoms with Gasteiger partial charge in [-0.25, -0.2) is 9.78 Å². The summed E-state index contributed by atoms with van der Waals surface area (Å²) in [7, 11) is 0. The molecule has 1 saturated heterocycles. The average Bonchev–Trinajstić information content (AvgIpc) is 3.16. The number of hydrogen-bond acceptors (Lipinski definition) is 4. The van der Waals surface area contributed by atoms with Gasteiger partial charge in [0, 0.05) is 36.3 Å². The molecule has 2 aliphatic rings. The number of aromatic carboxylic acids is 1. The summed E-state index contributed by atoms with van der Waals surface area (Å²) in [6.07, 6.45) is 2.91. The number of nitrogens with two attached hydrogens (primary N) is 1. The number of benzene rings is 1. The van der Waals surface area contributed by atoms with Crippen molar-refractivity contribution in [1.82, 2.24) is 9.88 Å². The fourth-order valence-corrected chi connectivity index (χ4v) is 4.16. The minimum atomic E-state index is -1.05. The van der Waals surface area contributed by atoms with Crippen molar-refractivity contribution >= 4 is 11.8 Å². The van der Waals surface area contributed by atoms with Crippen molar-refractivity contribution in [2.45, 2.75) is 31.7 Å². The maximum Gasteiger partial charge on any atom is 0.339 e. The van der Waals surface area contributed by atoms with Gasteiger partial charge in [0.15, 0.2) is 0 Å². The van der Waals surface area contributed by atoms with Gasteiger partial charge in [0.1, 0.15) is 11.4 Å². The second-order valence-corrected chi connectivity index (χ2v) is 7.62. The maximum absolute atomic E-state index is 11.2. The number of anilines is 1. The zero-order valence-corrected chi connectivity index (χ0v) is 14.6. The summed E-state index contributed by atoms with van der Waals surface area (Å²) in [6.45, 7) is 6.86. The first-order valence-electron chi connectivity index (χ1n) is 8.74. The fraction of sp³-hybridized carbons (Fsp3) is 0.400. The number of hydrogen-bond donors (Lipinski definition) is 2. The summed E-state index contributed by atoms with van der Waals surface area (Å²) in [5, 5.41) is 9.21. The Kier molecular flexibility index (Phi) is 3.58. The summed E-state index contributed by atoms with van der Waals surface area (Å²) >= 11 is 0. The first kappa shape index (κ1) is 16.1. The topological polar surface area (TPSA) is 79.5 Å². The van der Waals surface area contributed by atoms with Crippen LogP contribution in [0.2, 0.25) is 0 Å². The molecular formula is C20H23N3O2. The molecule has 0 spiro atoms. The van der Waals surface area contributed by atoms with Gasteiger partial charge >= 0.3 is 5.97 Å². The summed E-state index contributed by atoms with van der Waals surface area (Å²) in [6, 6.07) is 10.7. The molecule has 5 heteroatoms. The van der Waals surface area contributed by atoms with Gasteiger partial charge in [0.2, 0.25) is 0 Å². The first-order valence-corrected chi connectivity index (χ1v) is 8.74. The molecule has 1 aromatic heterocycles. The number of pyridine rings is 1. The highest BCUT2D eigenvalue weighted by Crippen LogP contribution is 2.59. The molecular weight excluding hydrogens is 314 g/mol. The van der Waals surface area contributed by atoms with Crippen molar-refractivity contribution < 1.29 is 9.90 Å². The molecule has 0 bridgehead atoms. The van der Waals surface area contributed by atoms with E-state index in [0.29, 0.717) is 11.5 Å². The van der Waals surface area contributed by atoms with Gasteiger partial charge in [-0.1, -0.05) is 24.3 Å². The quantitative estimate of drug-likeness (QED) is 0.896. The Bertz CT molecular complexity index is 831. The lowest BCUT2D eigenvalue weighted by atomic mass is 9.93. The molecule has 5 nitrogen and oxygen atoms in total. The number of carboxylic acids is 1. The van der Waals surface area contributed by atoms with Crippen molar-refractivity contribution in [2.24, 2.45) is 5.92 Å². The van der Waals surface area contributed by atoms with E-state index in [0.717, 1.165) is 23.6 Å². The largest absolute Gasteiger partial charge is 0.478 e. The lowest BCUT2D eigenvalue weighted by Crippen LogP contribution is -2.32. The van der Waals surface area contributed by atoms with Crippen LogP contribution in [0.5, 0.6) is 0 Å². The molecule has 1 saturated carbocycles. The first-order chi connectivity index (χ1) is 11.9. The van der Waals surface area contributed by atoms with E-state index in [-0.39, 0.29) is 11.4 Å². The van der Waals surface area contributed by atoms with Gasteiger partial charge in [-0.15, -0.1) is 0 Å². The van der Waals surface area contributed by atoms with E-state index in [9.17, 15) is 9.90 Å². The normalized spacial score (nSPS) is 25.2. The zero-order valence-electron chi connectivity index (χ0n) is 14.6. The molecule has 2 atom stereocenters. The molecule has 0 radical (unpaired) electrons. The molecule has 2 fully saturated rings. The molecule has 1 aliphatic carbocycles. The van der Waals surface area contributed by atoms with Gasteiger partial charge < -0.3 is 10.8 Å². The summed E-state index contributed by atoms with van der Waals surface area (Å²) < 4.78 is 0. The molecule has 1 aromatic carbocycles. The van der Waals surface area contributed by atoms with E-state index in [4.69, 9.17) is 5.73 Å². The van der Waals surface area contributed by atoms with Crippen molar-refractivity contribution in [1.29, 1.82) is 0 Å². The highest BCUT2D eigenvalue weighted by molar-refractivity contribution is 5.94. The van der Waals surface area contributed by atoms with Crippen molar-refractivity contribution in [3.05, 3.63) is 47.7 Å². The Morgan fingerprint density at radius 3 is 2.64 bits per heavy atom. The lowest BCUT2D eigenvalue weighted by molar-refractivity contribution is 0.0697. The highest BCUT2D eigenvalue weighted by Gasteiger charge is 2.60. The standard InChI is InChI=1S/C20H23N3O2/c1-12(2)23-10-16-8-20(16,11-23)15-5-3-13(4-6-15)14-7-17(19(24)25)18(21)22-9-14/h3-7,9,12,16H,8,10-11H2,1-2H3,(H2,21,22)(H,24,25)/t16-,20+/m0/s1. The van der Waals surface area contributed by atoms with Crippen LogP contribution in [0.25, 0.3) is 11.1 Å². The SMILES string of the molecule is CC(C)N1C[C@@H]2C[C@]2(c2ccc(-c3cnc(N)c(C(=O)O)c3)cc2)C1. The Morgan fingerprint density at radius 2 is 2.04 bits per heavy atom. The third-order valence-electron chi connectivity index (χ3n) is 5.84. The van der Waals surface area contributed by atoms with Crippen LogP contribution in [-0.2, 0) is 5.41 Å². The van der Waals surface area contributed by atoms with Crippen LogP contribution >= 0.6 is 0 Å². The van der Waals surface area contributed by atoms with Crippen molar-refractivity contribution in [3.63, 3.8) is 0 Å². The van der Waals surface area contributed by atoms with E-state index < -0.39 is 5.97 Å². The van der Waals surface area contributed by atoms with Crippen molar-refractivity contribution in [2.75, 3.05) is 18.8 Å². The zero-order chi connectivity index (χ0) is 17.8. The monoisotopic (exact) mass is 337 g/mol. The van der Waals surface area contributed by atoms with E-state index >= 15 is 0 Å². The van der Waals surface area contributed by atoms with Gasteiger partial charge in [-0.2, -0.15) is 0 Å². The number of likely N-dealkylation sites (tertiary alicyclic amines) is 1. The number of nitrogens with zero attached hydrogens (tertiary/aromatic N) is 2. The number of aromatic nitrogens is 1. The maximum atomic E-state index is 11.2. The third-order valence-corrected chi connectivity index (χ3v) is 5.84. The molecule has 3 N–H and O–H groups in total. The second-order valence-electron chi connectivity index (χ2n) is 7.62. The smallest absolute Gasteiger partial charge is 0.339 e. The molecule has 2 heterocycles. The molecule has 4 rings (SSSR count). The van der Waals surface area contributed by atoms with Crippen LogP contribution in [0.15, 0.2) is 36.5 Å². The molecule has 0 unspecified atom stereocenters. The predicted molar refractivity (Wildman–Crippen MR) is 97.5 cm³/mol. The minimum Gasteiger partial charge on any atom is -0.478 e. The highest BCUT2D eigenvalue weighted by atomic mass is 16.4. The second kappa shape index (κ2) is 5.56. The summed E-state index contributed by atoms with van der Waals surface area (Å²) in [5.74, 6) is -0.229. The number of nitrogen functional groups attached to an aromatic ring is 1. The van der Waals surface area contributed by atoms with Crippen LogP contribution in [0, 0.1) is 5.92 Å². The predicted octanol–water partition coefficient (Wildman–Crippen LogP) is 3.01. The van der Waals surface area contributed by atoms with E-state index in [2.05, 4.69) is 48.0 Å². The Morgan fingerprint density at radius 1 is 1.32 bits per heavy atom. The number of rotatable bonds is 4. The van der Waals surface area contributed by atoms with Crippen LogP contribution in [0.1, 0.15) is 36.2 Å². The van der Waals surface area contributed by atoms with Crippen LogP contribution in [-0.4, -0.2) is 40.1 Å². The molecule has 0 amide bonds. The Balaban J connectivity index is 1.60. The number of carbonyl (C=O) groups is 1. The minimum absolute atomic E-state index is 0.0470. The van der Waals surface area contributed by atoms with Crippen molar-refractivity contribution in [3.8, 4) is 11.1 Å². The fourth-order valence-electron chi connectivity index (χ4n) is 4.16. The van der Waals surface area contributed by atoms with Gasteiger partial charge in [-0.05, 0) is 43.4 Å². The lowest BCUT2D eigenvalue weighted by Gasteiger charge is -2.24. The van der Waals surface area contributed by atoms with Crippen LogP contribution in [0.4, 0.5) is 5.82 Å². The van der Waals surface area contributed by atoms with Crippen LogP contribution in [0.3, 0.4) is 0 Å². The molecule has 1 aliphatic heterocycles. The van der Waals surface area contributed by atoms with Gasteiger partial charge in [0.05, 0.1) is 0 Å². The molecule has 130 valence electrons. The number of piperidine rings is 1. The molecule has 2 aromatic rings. The van der Waals surface area contributed by atoms with E-state index in [1.54, 1.807) is 12.3 Å². The number of fused-ring (bicyclic) bond motifs is 1. The average molecular weight is 337 g/mol. The van der Waals surface area contributed by atoms with Gasteiger partial charge in [0.25, 0.3) is 0 Å². The Labute approximate surface area is 147 Å². The third kappa shape index (κ3) is 2.59. The van der Waals surface area contributed by atoms with Crippen LogP contribution < -0.4 is 5.73 Å². The Hall–Kier alpha value is -2.40. The summed E-state index contributed by atoms with van der Waals surface area (Å²) in [4.78, 5) is 17.8. The van der Waals surface area contributed by atoms with E-state index in [1.165, 1.54) is 18.5 Å². The summed E-state index contributed by atoms with van der Waals surface area (Å²) in [5.41, 5.74) is 9.15. The van der Waals surface area contributed by atoms with E-state index in [1.807, 2.05) is 0 Å².